The molecule has 0 aliphatic carbocycles. The van der Waals surface area contributed by atoms with Crippen molar-refractivity contribution in [2.45, 2.75) is 40.7 Å². The minimum atomic E-state index is -0.680. The largest absolute Gasteiger partial charge is 0.493 e. The van der Waals surface area contributed by atoms with E-state index in [1.807, 2.05) is 75.4 Å². The number of benzene rings is 3. The lowest BCUT2D eigenvalue weighted by Gasteiger charge is -2.26. The molecule has 0 saturated carbocycles. The molecular weight excluding hydrogens is 466 g/mol. The Balaban J connectivity index is 1.74. The number of rotatable bonds is 6. The number of anilines is 1. The van der Waals surface area contributed by atoms with Crippen molar-refractivity contribution >= 4 is 22.6 Å². The normalized spacial score (nSPS) is 14.9. The second kappa shape index (κ2) is 9.43. The lowest BCUT2D eigenvalue weighted by atomic mass is 9.96. The van der Waals surface area contributed by atoms with E-state index in [9.17, 15) is 9.59 Å². The van der Waals surface area contributed by atoms with Crippen LogP contribution in [0.1, 0.15) is 58.3 Å². The number of amides is 1. The van der Waals surface area contributed by atoms with Crippen LogP contribution in [0.15, 0.2) is 63.8 Å². The standard InChI is InChI=1S/C31H31NO5/c1-17(2)16-36-24-12-9-21(15-26(24)35-6)28-27-29(33)23-13-19(4)20(5)14-25(23)37-30(27)31(34)32(28)22-10-7-18(3)8-11-22/h7-15,17,28H,16H2,1-6H3. The first kappa shape index (κ1) is 24.6. The lowest BCUT2D eigenvalue weighted by molar-refractivity contribution is 0.0971. The number of methoxy groups -OCH3 is 1. The van der Waals surface area contributed by atoms with Crippen LogP contribution in [-0.2, 0) is 0 Å². The van der Waals surface area contributed by atoms with Gasteiger partial charge in [-0.15, -0.1) is 0 Å². The predicted octanol–water partition coefficient (Wildman–Crippen LogP) is 6.51. The topological polar surface area (TPSA) is 69.0 Å². The number of aryl methyl sites for hydroxylation is 3. The lowest BCUT2D eigenvalue weighted by Crippen LogP contribution is -2.29. The fraction of sp³-hybridized carbons (Fsp3) is 0.290. The zero-order valence-electron chi connectivity index (χ0n) is 22.0. The molecule has 1 aliphatic heterocycles. The molecule has 5 rings (SSSR count). The zero-order valence-corrected chi connectivity index (χ0v) is 22.0. The highest BCUT2D eigenvalue weighted by atomic mass is 16.5. The molecule has 0 spiro atoms. The number of ether oxygens (including phenoxy) is 2. The van der Waals surface area contributed by atoms with Gasteiger partial charge in [0, 0.05) is 5.69 Å². The van der Waals surface area contributed by atoms with Crippen LogP contribution >= 0.6 is 0 Å². The van der Waals surface area contributed by atoms with E-state index in [1.54, 1.807) is 12.0 Å². The molecule has 2 heterocycles. The van der Waals surface area contributed by atoms with Gasteiger partial charge in [0.25, 0.3) is 5.91 Å². The Kier molecular flexibility index (Phi) is 6.28. The van der Waals surface area contributed by atoms with E-state index >= 15 is 0 Å². The summed E-state index contributed by atoms with van der Waals surface area (Å²) in [5.41, 5.74) is 5.02. The summed E-state index contributed by atoms with van der Waals surface area (Å²) in [6.07, 6.45) is 0. The second-order valence-corrected chi connectivity index (χ2v) is 10.1. The van der Waals surface area contributed by atoms with Gasteiger partial charge in [-0.3, -0.25) is 14.5 Å². The van der Waals surface area contributed by atoms with E-state index in [2.05, 4.69) is 13.8 Å². The number of fused-ring (bicyclic) bond motifs is 2. The van der Waals surface area contributed by atoms with Gasteiger partial charge in [0.15, 0.2) is 16.9 Å². The first-order valence-electron chi connectivity index (χ1n) is 12.5. The average Bonchev–Trinajstić information content (AvgIpc) is 3.16. The van der Waals surface area contributed by atoms with E-state index in [-0.39, 0.29) is 17.1 Å². The van der Waals surface area contributed by atoms with Gasteiger partial charge < -0.3 is 13.9 Å². The summed E-state index contributed by atoms with van der Waals surface area (Å²) in [6, 6.07) is 16.2. The van der Waals surface area contributed by atoms with Crippen molar-refractivity contribution in [2.75, 3.05) is 18.6 Å². The molecule has 0 radical (unpaired) electrons. The highest BCUT2D eigenvalue weighted by molar-refractivity contribution is 6.10. The fourth-order valence-corrected chi connectivity index (χ4v) is 4.75. The third kappa shape index (κ3) is 4.26. The SMILES string of the molecule is COc1cc(C2c3c(oc4cc(C)c(C)cc4c3=O)C(=O)N2c2ccc(C)cc2)ccc1OCC(C)C. The summed E-state index contributed by atoms with van der Waals surface area (Å²) in [7, 11) is 1.58. The summed E-state index contributed by atoms with van der Waals surface area (Å²) in [5.74, 6) is 1.24. The molecule has 0 fully saturated rings. The maximum atomic E-state index is 13.9. The Morgan fingerprint density at radius 3 is 2.30 bits per heavy atom. The van der Waals surface area contributed by atoms with Crippen molar-refractivity contribution in [1.82, 2.24) is 0 Å². The van der Waals surface area contributed by atoms with E-state index in [4.69, 9.17) is 13.9 Å². The monoisotopic (exact) mass is 497 g/mol. The zero-order chi connectivity index (χ0) is 26.4. The quantitative estimate of drug-likeness (QED) is 0.304. The molecule has 190 valence electrons. The van der Waals surface area contributed by atoms with Gasteiger partial charge in [-0.1, -0.05) is 37.6 Å². The highest BCUT2D eigenvalue weighted by Crippen LogP contribution is 2.43. The Bertz CT molecular complexity index is 1570. The van der Waals surface area contributed by atoms with Crippen molar-refractivity contribution in [3.63, 3.8) is 0 Å². The van der Waals surface area contributed by atoms with E-state index in [1.165, 1.54) is 0 Å². The summed E-state index contributed by atoms with van der Waals surface area (Å²) in [4.78, 5) is 29.4. The van der Waals surface area contributed by atoms with E-state index in [0.29, 0.717) is 46.2 Å². The number of carbonyl (C=O) groups excluding carboxylic acids is 1. The molecule has 1 amide bonds. The van der Waals surface area contributed by atoms with Gasteiger partial charge in [-0.2, -0.15) is 0 Å². The summed E-state index contributed by atoms with van der Waals surface area (Å²) in [5, 5.41) is 0.467. The average molecular weight is 498 g/mol. The molecule has 0 N–H and O–H groups in total. The maximum Gasteiger partial charge on any atom is 0.295 e. The van der Waals surface area contributed by atoms with Crippen molar-refractivity contribution < 1.29 is 18.7 Å². The molecule has 1 aliphatic rings. The number of nitrogens with zero attached hydrogens (tertiary/aromatic N) is 1. The number of carbonyl (C=O) groups is 1. The number of hydrogen-bond donors (Lipinski definition) is 0. The fourth-order valence-electron chi connectivity index (χ4n) is 4.75. The smallest absolute Gasteiger partial charge is 0.295 e. The maximum absolute atomic E-state index is 13.9. The third-order valence-corrected chi connectivity index (χ3v) is 6.87. The molecule has 0 bridgehead atoms. The second-order valence-electron chi connectivity index (χ2n) is 10.1. The highest BCUT2D eigenvalue weighted by Gasteiger charge is 2.44. The Morgan fingerprint density at radius 2 is 1.62 bits per heavy atom. The van der Waals surface area contributed by atoms with Gasteiger partial charge >= 0.3 is 0 Å². The van der Waals surface area contributed by atoms with Crippen LogP contribution in [0.3, 0.4) is 0 Å². The summed E-state index contributed by atoms with van der Waals surface area (Å²) < 4.78 is 17.7. The first-order valence-corrected chi connectivity index (χ1v) is 12.5. The van der Waals surface area contributed by atoms with Crippen molar-refractivity contribution in [2.24, 2.45) is 5.92 Å². The van der Waals surface area contributed by atoms with Crippen LogP contribution in [0.4, 0.5) is 5.69 Å². The Labute approximate surface area is 216 Å². The van der Waals surface area contributed by atoms with Gasteiger partial charge in [-0.05, 0) is 79.8 Å². The van der Waals surface area contributed by atoms with Crippen molar-refractivity contribution in [1.29, 1.82) is 0 Å². The van der Waals surface area contributed by atoms with Gasteiger partial charge in [0.05, 0.1) is 30.7 Å². The van der Waals surface area contributed by atoms with Crippen LogP contribution in [-0.4, -0.2) is 19.6 Å². The molecule has 1 aromatic heterocycles. The molecule has 3 aromatic carbocycles. The minimum Gasteiger partial charge on any atom is -0.493 e. The van der Waals surface area contributed by atoms with Crippen molar-refractivity contribution in [3.8, 4) is 11.5 Å². The molecule has 6 heteroatoms. The molecule has 1 atom stereocenters. The first-order chi connectivity index (χ1) is 17.7. The minimum absolute atomic E-state index is 0.0745. The predicted molar refractivity (Wildman–Crippen MR) is 145 cm³/mol. The summed E-state index contributed by atoms with van der Waals surface area (Å²) >= 11 is 0. The van der Waals surface area contributed by atoms with Crippen LogP contribution in [0.5, 0.6) is 11.5 Å². The molecular formula is C31H31NO5. The van der Waals surface area contributed by atoms with Crippen molar-refractivity contribution in [3.05, 3.63) is 98.4 Å². The van der Waals surface area contributed by atoms with Gasteiger partial charge in [-0.25, -0.2) is 0 Å². The molecule has 0 saturated heterocycles. The Morgan fingerprint density at radius 1 is 0.919 bits per heavy atom. The Hall–Kier alpha value is -4.06. The van der Waals surface area contributed by atoms with Crippen LogP contribution in [0.25, 0.3) is 11.0 Å². The number of hydrogen-bond acceptors (Lipinski definition) is 5. The molecule has 1 unspecified atom stereocenters. The van der Waals surface area contributed by atoms with Crippen LogP contribution in [0, 0.1) is 26.7 Å². The summed E-state index contributed by atoms with van der Waals surface area (Å²) in [6.45, 7) is 10.6. The van der Waals surface area contributed by atoms with Gasteiger partial charge in [0.1, 0.15) is 5.58 Å². The molecule has 6 nitrogen and oxygen atoms in total. The molecule has 37 heavy (non-hydrogen) atoms. The molecule has 4 aromatic rings. The van der Waals surface area contributed by atoms with Gasteiger partial charge in [0.2, 0.25) is 5.76 Å². The van der Waals surface area contributed by atoms with Crippen LogP contribution in [0.2, 0.25) is 0 Å². The van der Waals surface area contributed by atoms with E-state index in [0.717, 1.165) is 22.3 Å². The van der Waals surface area contributed by atoms with E-state index < -0.39 is 6.04 Å². The van der Waals surface area contributed by atoms with Crippen LogP contribution < -0.4 is 19.8 Å². The third-order valence-electron chi connectivity index (χ3n) is 6.87.